The third-order valence-electron chi connectivity index (χ3n) is 7.37. The fourth-order valence-corrected chi connectivity index (χ4v) is 4.55. The normalized spacial score (nSPS) is 19.6. The number of aromatic nitrogens is 1. The molecule has 1 fully saturated rings. The summed E-state index contributed by atoms with van der Waals surface area (Å²) in [5.74, 6) is -0.619. The number of pyridine rings is 1. The second-order valence-corrected chi connectivity index (χ2v) is 10.3. The van der Waals surface area contributed by atoms with Gasteiger partial charge in [-0.05, 0) is 67.8 Å². The highest BCUT2D eigenvalue weighted by Gasteiger charge is 2.57. The molecule has 12 heteroatoms. The summed E-state index contributed by atoms with van der Waals surface area (Å²) in [6, 6.07) is 10.2. The van der Waals surface area contributed by atoms with Crippen LogP contribution in [-0.2, 0) is 11.1 Å². The smallest absolute Gasteiger partial charge is 0.424 e. The van der Waals surface area contributed by atoms with Crippen LogP contribution in [0.25, 0.3) is 11.3 Å². The SMILES string of the molecule is CCC1(N)COc2c1cc(C(O)(CNC(=O)c1ccc(OC3CC3)c(OC)c1)C(F)(F)F)nc2-c1ccc(F)cc1. The summed E-state index contributed by atoms with van der Waals surface area (Å²) in [4.78, 5) is 17.1. The highest BCUT2D eigenvalue weighted by atomic mass is 19.4. The number of rotatable bonds is 9. The highest BCUT2D eigenvalue weighted by Crippen LogP contribution is 2.47. The molecule has 0 radical (unpaired) electrons. The highest BCUT2D eigenvalue weighted by molar-refractivity contribution is 5.95. The van der Waals surface area contributed by atoms with Gasteiger partial charge in [-0.25, -0.2) is 9.37 Å². The lowest BCUT2D eigenvalue weighted by Gasteiger charge is -2.31. The van der Waals surface area contributed by atoms with Gasteiger partial charge < -0.3 is 30.4 Å². The number of nitrogens with two attached hydrogens (primary N) is 1. The summed E-state index contributed by atoms with van der Waals surface area (Å²) in [6.45, 7) is 0.473. The molecule has 2 atom stereocenters. The summed E-state index contributed by atoms with van der Waals surface area (Å²) in [5.41, 5.74) is 1.36. The van der Waals surface area contributed by atoms with Gasteiger partial charge in [-0.1, -0.05) is 6.92 Å². The fraction of sp³-hybridized carbons (Fsp3) is 0.379. The van der Waals surface area contributed by atoms with E-state index in [9.17, 15) is 27.5 Å². The lowest BCUT2D eigenvalue weighted by atomic mass is 9.86. The van der Waals surface area contributed by atoms with Gasteiger partial charge in [0, 0.05) is 16.7 Å². The Morgan fingerprint density at radius 3 is 2.49 bits per heavy atom. The Morgan fingerprint density at radius 2 is 1.88 bits per heavy atom. The fourth-order valence-electron chi connectivity index (χ4n) is 4.55. The standard InChI is InChI=1S/C29H29F4N3O5/c1-3-27(34)15-40-25-20(27)13-23(36-24(25)16-4-7-18(30)8-5-16)28(38,29(31,32)33)14-35-26(37)17-6-11-21(22(12-17)39-2)41-19-9-10-19/h4-8,11-13,19,38H,3,9-10,14-15,34H2,1-2H3,(H,35,37). The minimum Gasteiger partial charge on any atom is -0.493 e. The van der Waals surface area contributed by atoms with Crippen molar-refractivity contribution < 1.29 is 41.7 Å². The van der Waals surface area contributed by atoms with Gasteiger partial charge in [0.2, 0.25) is 5.60 Å². The Kier molecular flexibility index (Phi) is 7.33. The van der Waals surface area contributed by atoms with E-state index in [1.807, 2.05) is 0 Å². The molecule has 2 aliphatic rings. The van der Waals surface area contributed by atoms with Gasteiger partial charge in [-0.2, -0.15) is 13.2 Å². The summed E-state index contributed by atoms with van der Waals surface area (Å²) in [5, 5.41) is 13.3. The molecule has 4 N–H and O–H groups in total. The van der Waals surface area contributed by atoms with Crippen LogP contribution >= 0.6 is 0 Å². The third-order valence-corrected chi connectivity index (χ3v) is 7.37. The van der Waals surface area contributed by atoms with E-state index >= 15 is 0 Å². The number of nitrogens with zero attached hydrogens (tertiary/aromatic N) is 1. The van der Waals surface area contributed by atoms with E-state index in [-0.39, 0.29) is 46.6 Å². The van der Waals surface area contributed by atoms with E-state index in [0.717, 1.165) is 31.0 Å². The van der Waals surface area contributed by atoms with Crippen LogP contribution in [0.3, 0.4) is 0 Å². The Bertz CT molecular complexity index is 1460. The zero-order valence-corrected chi connectivity index (χ0v) is 22.3. The molecule has 0 saturated heterocycles. The lowest BCUT2D eigenvalue weighted by molar-refractivity contribution is -0.265. The molecular weight excluding hydrogens is 546 g/mol. The minimum absolute atomic E-state index is 0.00351. The van der Waals surface area contributed by atoms with Crippen LogP contribution in [-0.4, -0.2) is 48.5 Å². The van der Waals surface area contributed by atoms with Crippen molar-refractivity contribution in [3.8, 4) is 28.5 Å². The molecule has 1 aliphatic heterocycles. The van der Waals surface area contributed by atoms with E-state index in [0.29, 0.717) is 12.2 Å². The van der Waals surface area contributed by atoms with Crippen LogP contribution in [0.2, 0.25) is 0 Å². The van der Waals surface area contributed by atoms with Crippen LogP contribution < -0.4 is 25.3 Å². The quantitative estimate of drug-likeness (QED) is 0.320. The maximum absolute atomic E-state index is 14.6. The number of fused-ring (bicyclic) bond motifs is 1. The number of alkyl halides is 3. The first kappa shape index (κ1) is 28.6. The number of carbonyl (C=O) groups is 1. The molecule has 2 aromatic carbocycles. The van der Waals surface area contributed by atoms with E-state index < -0.39 is 41.3 Å². The zero-order valence-electron chi connectivity index (χ0n) is 22.3. The summed E-state index contributed by atoms with van der Waals surface area (Å²) in [6.07, 6.45) is -3.08. The van der Waals surface area contributed by atoms with Gasteiger partial charge in [0.1, 0.15) is 18.1 Å². The molecule has 1 aromatic heterocycles. The number of nitrogens with one attached hydrogen (secondary N) is 1. The van der Waals surface area contributed by atoms with Gasteiger partial charge in [0.15, 0.2) is 17.2 Å². The monoisotopic (exact) mass is 575 g/mol. The number of hydrogen-bond acceptors (Lipinski definition) is 7. The second kappa shape index (κ2) is 10.5. The number of halogens is 4. The molecule has 218 valence electrons. The van der Waals surface area contributed by atoms with Crippen molar-refractivity contribution in [3.63, 3.8) is 0 Å². The molecule has 41 heavy (non-hydrogen) atoms. The Labute approximate surface area is 233 Å². The Morgan fingerprint density at radius 1 is 1.17 bits per heavy atom. The number of ether oxygens (including phenoxy) is 3. The molecule has 1 saturated carbocycles. The predicted octanol–water partition coefficient (Wildman–Crippen LogP) is 4.57. The first-order valence-corrected chi connectivity index (χ1v) is 13.0. The van der Waals surface area contributed by atoms with Crippen molar-refractivity contribution >= 4 is 5.91 Å². The molecule has 5 rings (SSSR count). The lowest BCUT2D eigenvalue weighted by Crippen LogP contribution is -2.51. The van der Waals surface area contributed by atoms with Gasteiger partial charge in [0.25, 0.3) is 5.91 Å². The van der Waals surface area contributed by atoms with E-state index in [4.69, 9.17) is 19.9 Å². The van der Waals surface area contributed by atoms with Crippen LogP contribution in [0, 0.1) is 5.82 Å². The minimum atomic E-state index is -5.26. The third kappa shape index (κ3) is 5.41. The summed E-state index contributed by atoms with van der Waals surface area (Å²) >= 11 is 0. The predicted molar refractivity (Wildman–Crippen MR) is 140 cm³/mol. The van der Waals surface area contributed by atoms with Crippen molar-refractivity contribution in [2.75, 3.05) is 20.3 Å². The van der Waals surface area contributed by atoms with E-state index in [1.54, 1.807) is 6.92 Å². The first-order valence-electron chi connectivity index (χ1n) is 13.0. The van der Waals surface area contributed by atoms with Crippen LogP contribution in [0.1, 0.15) is 47.8 Å². The molecule has 2 unspecified atom stereocenters. The first-order chi connectivity index (χ1) is 19.4. The molecular formula is C29H29F4N3O5. The Balaban J connectivity index is 1.51. The van der Waals surface area contributed by atoms with Crippen LogP contribution in [0.5, 0.6) is 17.2 Å². The average Bonchev–Trinajstić information content (AvgIpc) is 3.71. The Hall–Kier alpha value is -3.90. The molecule has 0 bridgehead atoms. The van der Waals surface area contributed by atoms with Gasteiger partial charge in [-0.15, -0.1) is 0 Å². The van der Waals surface area contributed by atoms with Crippen LogP contribution in [0.15, 0.2) is 48.5 Å². The number of benzene rings is 2. The summed E-state index contributed by atoms with van der Waals surface area (Å²) in [7, 11) is 1.38. The molecule has 2 heterocycles. The van der Waals surface area contributed by atoms with Gasteiger partial charge in [0.05, 0.1) is 31.0 Å². The maximum atomic E-state index is 14.6. The van der Waals surface area contributed by atoms with Gasteiger partial charge in [-0.3, -0.25) is 4.79 Å². The van der Waals surface area contributed by atoms with Crippen LogP contribution in [0.4, 0.5) is 17.6 Å². The number of hydrogen-bond donors (Lipinski definition) is 3. The van der Waals surface area contributed by atoms with Crippen molar-refractivity contribution in [2.24, 2.45) is 5.73 Å². The molecule has 0 spiro atoms. The second-order valence-electron chi connectivity index (χ2n) is 10.3. The topological polar surface area (TPSA) is 116 Å². The zero-order chi connectivity index (χ0) is 29.6. The molecule has 1 amide bonds. The van der Waals surface area contributed by atoms with Gasteiger partial charge >= 0.3 is 6.18 Å². The maximum Gasteiger partial charge on any atom is 0.424 e. The van der Waals surface area contributed by atoms with Crippen molar-refractivity contribution in [3.05, 3.63) is 71.2 Å². The van der Waals surface area contributed by atoms with E-state index in [2.05, 4.69) is 10.3 Å². The number of methoxy groups -OCH3 is 1. The molecule has 3 aromatic rings. The van der Waals surface area contributed by atoms with E-state index in [1.165, 1.54) is 37.4 Å². The number of amides is 1. The summed E-state index contributed by atoms with van der Waals surface area (Å²) < 4.78 is 74.1. The largest absolute Gasteiger partial charge is 0.493 e. The molecule has 8 nitrogen and oxygen atoms in total. The van der Waals surface area contributed by atoms with Crippen molar-refractivity contribution in [2.45, 2.75) is 49.6 Å². The number of carbonyl (C=O) groups excluding carboxylic acids is 1. The number of aliphatic hydroxyl groups is 1. The molecule has 1 aliphatic carbocycles. The average molecular weight is 576 g/mol. The van der Waals surface area contributed by atoms with Crippen molar-refractivity contribution in [1.82, 2.24) is 10.3 Å². The van der Waals surface area contributed by atoms with Crippen molar-refractivity contribution in [1.29, 1.82) is 0 Å².